The highest BCUT2D eigenvalue weighted by Crippen LogP contribution is 2.27. The van der Waals surface area contributed by atoms with Crippen LogP contribution in [0.4, 0.5) is 0 Å². The third-order valence-electron chi connectivity index (χ3n) is 3.84. The summed E-state index contributed by atoms with van der Waals surface area (Å²) in [6, 6.07) is 4.63. The monoisotopic (exact) mass is 230 g/mol. The lowest BCUT2D eigenvalue weighted by molar-refractivity contribution is 0.0605. The molecule has 3 heteroatoms. The van der Waals surface area contributed by atoms with E-state index in [-0.39, 0.29) is 5.91 Å². The van der Waals surface area contributed by atoms with Crippen LogP contribution in [0.1, 0.15) is 27.0 Å². The predicted molar refractivity (Wildman–Crippen MR) is 67.3 cm³/mol. The van der Waals surface area contributed by atoms with Gasteiger partial charge in [0.2, 0.25) is 0 Å². The summed E-state index contributed by atoms with van der Waals surface area (Å²) in [5, 5.41) is 3.37. The van der Waals surface area contributed by atoms with Gasteiger partial charge in [-0.15, -0.1) is 0 Å². The van der Waals surface area contributed by atoms with Crippen LogP contribution in [0.5, 0.6) is 0 Å². The lowest BCUT2D eigenvalue weighted by atomic mass is 9.88. The van der Waals surface area contributed by atoms with E-state index in [0.717, 1.165) is 37.2 Å². The van der Waals surface area contributed by atoms with Crippen LogP contribution in [0, 0.1) is 13.8 Å². The molecule has 2 aliphatic rings. The number of fused-ring (bicyclic) bond motifs is 2. The van der Waals surface area contributed by atoms with Gasteiger partial charge in [-0.2, -0.15) is 0 Å². The van der Waals surface area contributed by atoms with E-state index < -0.39 is 0 Å². The van der Waals surface area contributed by atoms with Crippen molar-refractivity contribution in [3.05, 3.63) is 34.4 Å². The number of hydrogen-bond acceptors (Lipinski definition) is 2. The molecule has 0 aromatic heterocycles. The number of hydrogen-bond donors (Lipinski definition) is 1. The Kier molecular flexibility index (Phi) is 2.44. The number of nitrogens with zero attached hydrogens (tertiary/aromatic N) is 1. The Labute approximate surface area is 102 Å². The molecule has 2 heterocycles. The molecule has 3 rings (SSSR count). The van der Waals surface area contributed by atoms with E-state index in [1.807, 2.05) is 11.8 Å². The number of amides is 1. The molecule has 90 valence electrons. The average molecular weight is 230 g/mol. The molecule has 2 aliphatic heterocycles. The maximum atomic E-state index is 12.5. The smallest absolute Gasteiger partial charge is 0.254 e. The summed E-state index contributed by atoms with van der Waals surface area (Å²) in [4.78, 5) is 14.5. The molecule has 1 aromatic rings. The minimum absolute atomic E-state index is 0.232. The van der Waals surface area contributed by atoms with Gasteiger partial charge in [-0.05, 0) is 31.4 Å². The Bertz CT molecular complexity index is 481. The van der Waals surface area contributed by atoms with E-state index >= 15 is 0 Å². The van der Waals surface area contributed by atoms with Crippen molar-refractivity contribution in [1.82, 2.24) is 10.2 Å². The number of nitrogens with one attached hydrogen (secondary N) is 1. The van der Waals surface area contributed by atoms with Crippen LogP contribution >= 0.6 is 0 Å². The second-order valence-electron chi connectivity index (χ2n) is 5.18. The number of aryl methyl sites for hydroxylation is 2. The number of piperazine rings is 1. The van der Waals surface area contributed by atoms with Crippen LogP contribution in [-0.2, 0) is 6.42 Å². The molecule has 1 atom stereocenters. The highest BCUT2D eigenvalue weighted by molar-refractivity contribution is 5.98. The molecule has 1 fully saturated rings. The molecular weight excluding hydrogens is 212 g/mol. The normalized spacial score (nSPS) is 23.3. The molecule has 0 spiro atoms. The van der Waals surface area contributed by atoms with E-state index in [1.165, 1.54) is 11.1 Å². The van der Waals surface area contributed by atoms with Crippen LogP contribution < -0.4 is 5.32 Å². The van der Waals surface area contributed by atoms with Crippen molar-refractivity contribution in [3.63, 3.8) is 0 Å². The van der Waals surface area contributed by atoms with E-state index in [1.54, 1.807) is 0 Å². The largest absolute Gasteiger partial charge is 0.333 e. The van der Waals surface area contributed by atoms with E-state index in [2.05, 4.69) is 24.4 Å². The zero-order valence-corrected chi connectivity index (χ0v) is 10.4. The molecule has 1 aromatic carbocycles. The molecule has 0 aliphatic carbocycles. The highest BCUT2D eigenvalue weighted by Gasteiger charge is 2.34. The van der Waals surface area contributed by atoms with Gasteiger partial charge in [0.1, 0.15) is 0 Å². The van der Waals surface area contributed by atoms with Crippen molar-refractivity contribution < 1.29 is 4.79 Å². The number of carbonyl (C=O) groups excluding carboxylic acids is 1. The Morgan fingerprint density at radius 3 is 3.00 bits per heavy atom. The summed E-state index contributed by atoms with van der Waals surface area (Å²) >= 11 is 0. The first kappa shape index (κ1) is 10.8. The zero-order valence-electron chi connectivity index (χ0n) is 10.4. The molecule has 0 unspecified atom stereocenters. The van der Waals surface area contributed by atoms with Crippen molar-refractivity contribution in [2.24, 2.45) is 0 Å². The topological polar surface area (TPSA) is 32.3 Å². The number of carbonyl (C=O) groups is 1. The predicted octanol–water partition coefficient (Wildman–Crippen LogP) is 1.27. The fourth-order valence-corrected chi connectivity index (χ4v) is 3.13. The Morgan fingerprint density at radius 2 is 2.18 bits per heavy atom. The molecule has 1 amide bonds. The summed E-state index contributed by atoms with van der Waals surface area (Å²) in [6.07, 6.45) is 0.997. The van der Waals surface area contributed by atoms with Gasteiger partial charge in [0.05, 0.1) is 0 Å². The van der Waals surface area contributed by atoms with E-state index in [0.29, 0.717) is 6.04 Å². The highest BCUT2D eigenvalue weighted by atomic mass is 16.2. The van der Waals surface area contributed by atoms with Gasteiger partial charge in [-0.3, -0.25) is 4.79 Å². The quantitative estimate of drug-likeness (QED) is 0.728. The third kappa shape index (κ3) is 1.65. The van der Waals surface area contributed by atoms with Crippen LogP contribution in [0.2, 0.25) is 0 Å². The van der Waals surface area contributed by atoms with Crippen molar-refractivity contribution >= 4 is 5.91 Å². The summed E-state index contributed by atoms with van der Waals surface area (Å²) in [7, 11) is 0. The molecule has 1 N–H and O–H groups in total. The van der Waals surface area contributed by atoms with Gasteiger partial charge < -0.3 is 10.2 Å². The summed E-state index contributed by atoms with van der Waals surface area (Å²) in [5.41, 5.74) is 4.57. The van der Waals surface area contributed by atoms with Crippen molar-refractivity contribution in [3.8, 4) is 0 Å². The summed E-state index contributed by atoms with van der Waals surface area (Å²) in [6.45, 7) is 6.84. The van der Waals surface area contributed by atoms with Gasteiger partial charge in [-0.25, -0.2) is 0 Å². The first-order valence-electron chi connectivity index (χ1n) is 6.28. The lowest BCUT2D eigenvalue weighted by Crippen LogP contribution is -2.56. The minimum atomic E-state index is 0.232. The molecule has 0 radical (unpaired) electrons. The fraction of sp³-hybridized carbons (Fsp3) is 0.500. The van der Waals surface area contributed by atoms with Crippen molar-refractivity contribution in [2.75, 3.05) is 19.6 Å². The Morgan fingerprint density at radius 1 is 1.35 bits per heavy atom. The van der Waals surface area contributed by atoms with Gasteiger partial charge in [0.15, 0.2) is 0 Å². The third-order valence-corrected chi connectivity index (χ3v) is 3.84. The maximum Gasteiger partial charge on any atom is 0.254 e. The van der Waals surface area contributed by atoms with Gasteiger partial charge in [0.25, 0.3) is 5.91 Å². The van der Waals surface area contributed by atoms with E-state index in [9.17, 15) is 4.79 Å². The number of rotatable bonds is 0. The van der Waals surface area contributed by atoms with Crippen LogP contribution in [0.25, 0.3) is 0 Å². The van der Waals surface area contributed by atoms with Gasteiger partial charge >= 0.3 is 0 Å². The SMILES string of the molecule is Cc1cc(C)c2c(c1)C[C@@H]1CNCCN1C2=O. The Balaban J connectivity index is 2.09. The first-order chi connectivity index (χ1) is 8.16. The molecule has 1 saturated heterocycles. The fourth-order valence-electron chi connectivity index (χ4n) is 3.13. The van der Waals surface area contributed by atoms with Crippen LogP contribution in [0.15, 0.2) is 12.1 Å². The molecule has 17 heavy (non-hydrogen) atoms. The molecule has 3 nitrogen and oxygen atoms in total. The summed E-state index contributed by atoms with van der Waals surface area (Å²) < 4.78 is 0. The zero-order chi connectivity index (χ0) is 12.0. The van der Waals surface area contributed by atoms with Crippen molar-refractivity contribution in [1.29, 1.82) is 0 Å². The average Bonchev–Trinajstić information content (AvgIpc) is 2.28. The van der Waals surface area contributed by atoms with Gasteiger partial charge in [0, 0.05) is 31.2 Å². The van der Waals surface area contributed by atoms with Crippen molar-refractivity contribution in [2.45, 2.75) is 26.3 Å². The second-order valence-corrected chi connectivity index (χ2v) is 5.18. The molecule has 0 saturated carbocycles. The first-order valence-corrected chi connectivity index (χ1v) is 6.28. The minimum Gasteiger partial charge on any atom is -0.333 e. The summed E-state index contributed by atoms with van der Waals surface area (Å²) in [5.74, 6) is 0.232. The van der Waals surface area contributed by atoms with Gasteiger partial charge in [-0.1, -0.05) is 17.7 Å². The second kappa shape index (κ2) is 3.84. The standard InChI is InChI=1S/C14H18N2O/c1-9-5-10(2)13-11(6-9)7-12-8-15-3-4-16(12)14(13)17/h5-6,12,15H,3-4,7-8H2,1-2H3/t12-/m1/s1. The van der Waals surface area contributed by atoms with Crippen LogP contribution in [0.3, 0.4) is 0 Å². The molecule has 0 bridgehead atoms. The van der Waals surface area contributed by atoms with E-state index in [4.69, 9.17) is 0 Å². The number of benzene rings is 1. The lowest BCUT2D eigenvalue weighted by Gasteiger charge is -2.40. The maximum absolute atomic E-state index is 12.5. The van der Waals surface area contributed by atoms with Crippen LogP contribution in [-0.4, -0.2) is 36.5 Å². The molecular formula is C14H18N2O. The Hall–Kier alpha value is -1.35.